The molecule has 0 saturated heterocycles. The quantitative estimate of drug-likeness (QED) is 0.733. The van der Waals surface area contributed by atoms with Gasteiger partial charge in [-0.3, -0.25) is 9.59 Å². The van der Waals surface area contributed by atoms with Crippen molar-refractivity contribution in [2.45, 2.75) is 52.2 Å². The second-order valence-electron chi connectivity index (χ2n) is 9.13. The van der Waals surface area contributed by atoms with Crippen molar-refractivity contribution in [3.63, 3.8) is 0 Å². The van der Waals surface area contributed by atoms with Crippen LogP contribution in [0.25, 0.3) is 0 Å². The molecule has 4 rings (SSSR count). The number of hydrogen-bond donors (Lipinski definition) is 1. The second kappa shape index (κ2) is 9.13. The van der Waals surface area contributed by atoms with Crippen LogP contribution in [0, 0.1) is 11.8 Å². The third kappa shape index (κ3) is 4.92. The van der Waals surface area contributed by atoms with E-state index < -0.39 is 6.10 Å². The van der Waals surface area contributed by atoms with Crippen molar-refractivity contribution in [2.24, 2.45) is 11.8 Å². The number of carbonyl (C=O) groups is 2. The van der Waals surface area contributed by atoms with Gasteiger partial charge in [-0.1, -0.05) is 50.2 Å². The van der Waals surface area contributed by atoms with E-state index in [4.69, 9.17) is 4.74 Å². The van der Waals surface area contributed by atoms with Gasteiger partial charge in [-0.05, 0) is 60.9 Å². The first kappa shape index (κ1) is 21.4. The molecule has 5 heteroatoms. The smallest absolute Gasteiger partial charge is 0.260 e. The first-order valence-corrected chi connectivity index (χ1v) is 11.4. The fourth-order valence-corrected chi connectivity index (χ4v) is 4.17. The molecule has 1 aliphatic heterocycles. The van der Waals surface area contributed by atoms with Gasteiger partial charge in [-0.2, -0.15) is 0 Å². The normalized spacial score (nSPS) is 19.0. The number of nitrogens with one attached hydrogen (secondary N) is 1. The summed E-state index contributed by atoms with van der Waals surface area (Å²) in [6, 6.07) is 16.1. The first-order valence-electron chi connectivity index (χ1n) is 11.4. The minimum atomic E-state index is -0.584. The van der Waals surface area contributed by atoms with Crippen LogP contribution in [0.2, 0.25) is 0 Å². The zero-order valence-electron chi connectivity index (χ0n) is 18.6. The van der Waals surface area contributed by atoms with Crippen LogP contribution in [0.15, 0.2) is 48.5 Å². The molecule has 2 amide bonds. The Balaban J connectivity index is 1.60. The molecule has 1 fully saturated rings. The Kier molecular flexibility index (Phi) is 6.30. The summed E-state index contributed by atoms with van der Waals surface area (Å²) in [4.78, 5) is 27.5. The molecule has 2 aromatic rings. The number of hydrogen-bond acceptors (Lipinski definition) is 3. The second-order valence-corrected chi connectivity index (χ2v) is 9.13. The number of ether oxygens (including phenoxy) is 1. The molecule has 0 bridgehead atoms. The number of amides is 2. The summed E-state index contributed by atoms with van der Waals surface area (Å²) >= 11 is 0. The Morgan fingerprint density at radius 2 is 1.84 bits per heavy atom. The summed E-state index contributed by atoms with van der Waals surface area (Å²) in [5.74, 6) is 1.37. The van der Waals surface area contributed by atoms with Gasteiger partial charge >= 0.3 is 0 Å². The van der Waals surface area contributed by atoms with Crippen LogP contribution in [0.5, 0.6) is 5.75 Å². The van der Waals surface area contributed by atoms with Gasteiger partial charge in [0.1, 0.15) is 5.75 Å². The predicted octanol–water partition coefficient (Wildman–Crippen LogP) is 4.11. The van der Waals surface area contributed by atoms with Gasteiger partial charge in [0.2, 0.25) is 5.91 Å². The molecule has 164 valence electrons. The van der Waals surface area contributed by atoms with Crippen molar-refractivity contribution in [1.29, 1.82) is 0 Å². The maximum Gasteiger partial charge on any atom is 0.260 e. The minimum absolute atomic E-state index is 0.114. The SMILES string of the molecule is CC(C)CNC(=O)C(C)Oc1ccc2c(c1)C(c1ccccc1)N(C(=O)C1CC1)CC2. The number of rotatable bonds is 7. The third-order valence-electron chi connectivity index (χ3n) is 6.04. The van der Waals surface area contributed by atoms with Crippen LogP contribution in [-0.2, 0) is 16.0 Å². The van der Waals surface area contributed by atoms with E-state index in [0.29, 0.717) is 18.2 Å². The van der Waals surface area contributed by atoms with Crippen LogP contribution < -0.4 is 10.1 Å². The molecular weight excluding hydrogens is 388 g/mol. The van der Waals surface area contributed by atoms with Crippen molar-refractivity contribution in [2.75, 3.05) is 13.1 Å². The van der Waals surface area contributed by atoms with E-state index in [-0.39, 0.29) is 23.8 Å². The molecule has 1 heterocycles. The predicted molar refractivity (Wildman–Crippen MR) is 121 cm³/mol. The van der Waals surface area contributed by atoms with E-state index in [1.165, 1.54) is 5.56 Å². The fourth-order valence-electron chi connectivity index (χ4n) is 4.17. The molecule has 1 saturated carbocycles. The number of benzene rings is 2. The van der Waals surface area contributed by atoms with Crippen molar-refractivity contribution in [3.05, 3.63) is 65.2 Å². The van der Waals surface area contributed by atoms with Gasteiger partial charge in [-0.15, -0.1) is 0 Å². The van der Waals surface area contributed by atoms with E-state index in [9.17, 15) is 9.59 Å². The lowest BCUT2D eigenvalue weighted by Crippen LogP contribution is -2.41. The lowest BCUT2D eigenvalue weighted by molar-refractivity contribution is -0.134. The maximum absolute atomic E-state index is 13.1. The third-order valence-corrected chi connectivity index (χ3v) is 6.04. The molecule has 1 aliphatic carbocycles. The highest BCUT2D eigenvalue weighted by atomic mass is 16.5. The van der Waals surface area contributed by atoms with Gasteiger partial charge in [0, 0.05) is 19.0 Å². The number of carbonyl (C=O) groups excluding carboxylic acids is 2. The Bertz CT molecular complexity index is 937. The zero-order valence-corrected chi connectivity index (χ0v) is 18.6. The van der Waals surface area contributed by atoms with E-state index in [0.717, 1.165) is 36.9 Å². The Labute approximate surface area is 184 Å². The van der Waals surface area contributed by atoms with Crippen molar-refractivity contribution in [3.8, 4) is 5.75 Å². The topological polar surface area (TPSA) is 58.6 Å². The summed E-state index contributed by atoms with van der Waals surface area (Å²) in [7, 11) is 0. The van der Waals surface area contributed by atoms with Crippen LogP contribution in [0.4, 0.5) is 0 Å². The average Bonchev–Trinajstić information content (AvgIpc) is 3.62. The summed E-state index contributed by atoms with van der Waals surface area (Å²) in [5.41, 5.74) is 3.44. The average molecular weight is 421 g/mol. The Hall–Kier alpha value is -2.82. The van der Waals surface area contributed by atoms with Crippen LogP contribution >= 0.6 is 0 Å². The lowest BCUT2D eigenvalue weighted by Gasteiger charge is -2.38. The summed E-state index contributed by atoms with van der Waals surface area (Å²) in [6.45, 7) is 7.26. The number of nitrogens with zero attached hydrogens (tertiary/aromatic N) is 1. The van der Waals surface area contributed by atoms with Gasteiger partial charge in [0.05, 0.1) is 6.04 Å². The van der Waals surface area contributed by atoms with Crippen molar-refractivity contribution < 1.29 is 14.3 Å². The Morgan fingerprint density at radius 1 is 1.10 bits per heavy atom. The van der Waals surface area contributed by atoms with Crippen molar-refractivity contribution in [1.82, 2.24) is 10.2 Å². The summed E-state index contributed by atoms with van der Waals surface area (Å²) in [6.07, 6.45) is 2.24. The van der Waals surface area contributed by atoms with Crippen LogP contribution in [0.1, 0.15) is 56.3 Å². The van der Waals surface area contributed by atoms with Crippen molar-refractivity contribution >= 4 is 11.8 Å². The summed E-state index contributed by atoms with van der Waals surface area (Å²) < 4.78 is 6.00. The fraction of sp³-hybridized carbons (Fsp3) is 0.462. The lowest BCUT2D eigenvalue weighted by atomic mass is 9.87. The van der Waals surface area contributed by atoms with E-state index in [1.807, 2.05) is 35.2 Å². The van der Waals surface area contributed by atoms with Gasteiger partial charge in [0.15, 0.2) is 6.10 Å². The molecule has 0 radical (unpaired) electrons. The molecule has 0 spiro atoms. The maximum atomic E-state index is 13.1. The molecule has 1 N–H and O–H groups in total. The monoisotopic (exact) mass is 420 g/mol. The zero-order chi connectivity index (χ0) is 22.0. The standard InChI is InChI=1S/C26H32N2O3/c1-17(2)16-27-25(29)18(3)31-22-12-11-19-13-14-28(26(30)21-9-10-21)24(23(19)15-22)20-7-5-4-6-8-20/h4-8,11-12,15,17-18,21,24H,9-10,13-14,16H2,1-3H3,(H,27,29). The molecule has 2 unspecified atom stereocenters. The molecular formula is C26H32N2O3. The van der Waals surface area contributed by atoms with Gasteiger partial charge in [-0.25, -0.2) is 0 Å². The van der Waals surface area contributed by atoms with Gasteiger partial charge in [0.25, 0.3) is 5.91 Å². The molecule has 2 aliphatic rings. The highest BCUT2D eigenvalue weighted by Crippen LogP contribution is 2.41. The largest absolute Gasteiger partial charge is 0.481 e. The first-order chi connectivity index (χ1) is 14.9. The highest BCUT2D eigenvalue weighted by molar-refractivity contribution is 5.82. The Morgan fingerprint density at radius 3 is 2.52 bits per heavy atom. The molecule has 2 atom stereocenters. The van der Waals surface area contributed by atoms with Gasteiger partial charge < -0.3 is 15.0 Å². The summed E-state index contributed by atoms with van der Waals surface area (Å²) in [5, 5.41) is 2.92. The molecule has 0 aromatic heterocycles. The van der Waals surface area contributed by atoms with E-state index in [1.54, 1.807) is 6.92 Å². The minimum Gasteiger partial charge on any atom is -0.481 e. The van der Waals surface area contributed by atoms with Crippen LogP contribution in [0.3, 0.4) is 0 Å². The molecule has 5 nitrogen and oxygen atoms in total. The van der Waals surface area contributed by atoms with Crippen LogP contribution in [-0.4, -0.2) is 35.9 Å². The molecule has 2 aromatic carbocycles. The number of fused-ring (bicyclic) bond motifs is 1. The highest BCUT2D eigenvalue weighted by Gasteiger charge is 2.39. The van der Waals surface area contributed by atoms with E-state index in [2.05, 4.69) is 37.4 Å². The van der Waals surface area contributed by atoms with E-state index >= 15 is 0 Å². The molecule has 31 heavy (non-hydrogen) atoms.